The summed E-state index contributed by atoms with van der Waals surface area (Å²) in [6.07, 6.45) is 4.92. The molecule has 2 aliphatic heterocycles. The molecule has 2 N–H and O–H groups in total. The molecule has 1 amide bonds. The number of hydrogen-bond acceptors (Lipinski definition) is 6. The first kappa shape index (κ1) is 15.1. The van der Waals surface area contributed by atoms with Gasteiger partial charge in [-0.3, -0.25) is 4.79 Å². The van der Waals surface area contributed by atoms with Crippen molar-refractivity contribution in [3.05, 3.63) is 36.8 Å². The molecule has 0 radical (unpaired) electrons. The number of aromatic nitrogens is 4. The largest absolute Gasteiger partial charge is 0.369 e. The summed E-state index contributed by atoms with van der Waals surface area (Å²) in [6.45, 7) is 1.42. The van der Waals surface area contributed by atoms with Gasteiger partial charge in [0.1, 0.15) is 11.1 Å². The molecule has 0 atom stereocenters. The maximum Gasteiger partial charge on any atom is 0.250 e. The second-order valence-electron chi connectivity index (χ2n) is 6.93. The zero-order valence-electron chi connectivity index (χ0n) is 14.4. The molecule has 26 heavy (non-hydrogen) atoms. The van der Waals surface area contributed by atoms with Crippen molar-refractivity contribution >= 4 is 34.4 Å². The molecule has 0 bridgehead atoms. The van der Waals surface area contributed by atoms with E-state index in [1.165, 1.54) is 0 Å². The van der Waals surface area contributed by atoms with Crippen LogP contribution < -0.4 is 15.5 Å². The second kappa shape index (κ2) is 5.42. The summed E-state index contributed by atoms with van der Waals surface area (Å²) >= 11 is 0. The Balaban J connectivity index is 1.38. The Morgan fingerprint density at radius 1 is 1.12 bits per heavy atom. The third-order valence-electron chi connectivity index (χ3n) is 5.35. The van der Waals surface area contributed by atoms with Crippen LogP contribution in [-0.4, -0.2) is 44.1 Å². The number of aryl methyl sites for hydroxylation is 1. The van der Waals surface area contributed by atoms with Crippen molar-refractivity contribution < 1.29 is 4.79 Å². The van der Waals surface area contributed by atoms with Gasteiger partial charge in [0, 0.05) is 20.1 Å². The smallest absolute Gasteiger partial charge is 0.250 e. The first-order chi connectivity index (χ1) is 12.6. The van der Waals surface area contributed by atoms with E-state index in [1.807, 2.05) is 35.9 Å². The van der Waals surface area contributed by atoms with Gasteiger partial charge in [-0.15, -0.1) is 0 Å². The lowest BCUT2D eigenvalue weighted by Gasteiger charge is -2.44. The number of hydrogen-bond donors (Lipinski definition) is 2. The van der Waals surface area contributed by atoms with Gasteiger partial charge >= 0.3 is 0 Å². The standard InChI is InChI=1S/C18H19N7O/c1-24-11-20-15-14(24)10-19-17(22-15)25-8-6-18(7-9-25)16(26)21-12-4-2-3-5-13(12)23-18/h2-5,10-11,23H,6-9H2,1H3,(H,21,26). The van der Waals surface area contributed by atoms with E-state index in [2.05, 4.69) is 30.5 Å². The van der Waals surface area contributed by atoms with Crippen LogP contribution in [-0.2, 0) is 11.8 Å². The fraction of sp³-hybridized carbons (Fsp3) is 0.333. The molecule has 1 aromatic carbocycles. The molecule has 132 valence electrons. The van der Waals surface area contributed by atoms with Gasteiger partial charge in [0.15, 0.2) is 5.65 Å². The van der Waals surface area contributed by atoms with Crippen molar-refractivity contribution in [3.63, 3.8) is 0 Å². The maximum absolute atomic E-state index is 12.7. The molecule has 8 nitrogen and oxygen atoms in total. The average Bonchev–Trinajstić information content (AvgIpc) is 3.04. The number of piperidine rings is 1. The van der Waals surface area contributed by atoms with Crippen LogP contribution in [0.15, 0.2) is 36.8 Å². The van der Waals surface area contributed by atoms with E-state index in [4.69, 9.17) is 0 Å². The number of para-hydroxylation sites is 2. The van der Waals surface area contributed by atoms with Gasteiger partial charge in [-0.1, -0.05) is 12.1 Å². The zero-order chi connectivity index (χ0) is 17.7. The highest BCUT2D eigenvalue weighted by Gasteiger charge is 2.44. The molecular formula is C18H19N7O. The Morgan fingerprint density at radius 2 is 1.88 bits per heavy atom. The molecule has 3 aromatic rings. The number of imidazole rings is 1. The Morgan fingerprint density at radius 3 is 2.69 bits per heavy atom. The number of anilines is 3. The highest BCUT2D eigenvalue weighted by molar-refractivity contribution is 6.06. The number of amides is 1. The van der Waals surface area contributed by atoms with Crippen molar-refractivity contribution in [2.24, 2.45) is 7.05 Å². The van der Waals surface area contributed by atoms with Crippen molar-refractivity contribution in [2.45, 2.75) is 18.4 Å². The number of rotatable bonds is 1. The minimum Gasteiger partial charge on any atom is -0.369 e. The summed E-state index contributed by atoms with van der Waals surface area (Å²) in [4.78, 5) is 28.2. The molecule has 8 heteroatoms. The molecule has 1 spiro atoms. The van der Waals surface area contributed by atoms with Crippen LogP contribution in [0.4, 0.5) is 17.3 Å². The zero-order valence-corrected chi connectivity index (χ0v) is 14.4. The van der Waals surface area contributed by atoms with Crippen LogP contribution in [0.3, 0.4) is 0 Å². The van der Waals surface area contributed by atoms with E-state index in [9.17, 15) is 4.79 Å². The van der Waals surface area contributed by atoms with E-state index in [0.29, 0.717) is 37.5 Å². The molecule has 5 rings (SSSR count). The van der Waals surface area contributed by atoms with E-state index < -0.39 is 5.54 Å². The third kappa shape index (κ3) is 2.22. The summed E-state index contributed by atoms with van der Waals surface area (Å²) in [5, 5.41) is 6.51. The number of carbonyl (C=O) groups excluding carboxylic acids is 1. The normalized spacial score (nSPS) is 18.5. The Kier molecular flexibility index (Phi) is 3.15. The SMILES string of the molecule is Cn1cnc2nc(N3CCC4(CC3)Nc3ccccc3NC4=O)ncc21. The third-order valence-corrected chi connectivity index (χ3v) is 5.35. The van der Waals surface area contributed by atoms with Gasteiger partial charge < -0.3 is 20.1 Å². The summed E-state index contributed by atoms with van der Waals surface area (Å²) in [5.74, 6) is 0.708. The minimum atomic E-state index is -0.569. The molecule has 2 aromatic heterocycles. The number of carbonyl (C=O) groups is 1. The van der Waals surface area contributed by atoms with E-state index >= 15 is 0 Å². The van der Waals surface area contributed by atoms with Crippen molar-refractivity contribution in [3.8, 4) is 0 Å². The topological polar surface area (TPSA) is 88.0 Å². The number of fused-ring (bicyclic) bond motifs is 2. The molecular weight excluding hydrogens is 330 g/mol. The molecule has 4 heterocycles. The van der Waals surface area contributed by atoms with Gasteiger partial charge in [-0.25, -0.2) is 9.97 Å². The summed E-state index contributed by atoms with van der Waals surface area (Å²) in [6, 6.07) is 7.81. The predicted molar refractivity (Wildman–Crippen MR) is 99.2 cm³/mol. The molecule has 0 aliphatic carbocycles. The predicted octanol–water partition coefficient (Wildman–Crippen LogP) is 1.77. The molecule has 1 fully saturated rings. The van der Waals surface area contributed by atoms with Gasteiger partial charge in [-0.2, -0.15) is 4.98 Å². The lowest BCUT2D eigenvalue weighted by atomic mass is 9.84. The molecule has 1 saturated heterocycles. The first-order valence-corrected chi connectivity index (χ1v) is 8.72. The molecule has 0 unspecified atom stereocenters. The highest BCUT2D eigenvalue weighted by atomic mass is 16.2. The van der Waals surface area contributed by atoms with Crippen LogP contribution in [0.25, 0.3) is 11.2 Å². The first-order valence-electron chi connectivity index (χ1n) is 8.72. The van der Waals surface area contributed by atoms with Gasteiger partial charge in [0.05, 0.1) is 23.9 Å². The van der Waals surface area contributed by atoms with E-state index in [-0.39, 0.29) is 5.91 Å². The molecule has 0 saturated carbocycles. The number of nitrogens with one attached hydrogen (secondary N) is 2. The average molecular weight is 349 g/mol. The van der Waals surface area contributed by atoms with Crippen LogP contribution in [0.2, 0.25) is 0 Å². The quantitative estimate of drug-likeness (QED) is 0.696. The van der Waals surface area contributed by atoms with Gasteiger partial charge in [0.2, 0.25) is 11.9 Å². The van der Waals surface area contributed by atoms with Gasteiger partial charge in [0.25, 0.3) is 0 Å². The van der Waals surface area contributed by atoms with Crippen molar-refractivity contribution in [1.82, 2.24) is 19.5 Å². The van der Waals surface area contributed by atoms with Crippen LogP contribution in [0.5, 0.6) is 0 Å². The van der Waals surface area contributed by atoms with Crippen molar-refractivity contribution in [1.29, 1.82) is 0 Å². The Labute approximate surface area is 150 Å². The second-order valence-corrected chi connectivity index (χ2v) is 6.93. The highest BCUT2D eigenvalue weighted by Crippen LogP contribution is 2.36. The van der Waals surface area contributed by atoms with E-state index in [1.54, 1.807) is 12.5 Å². The lowest BCUT2D eigenvalue weighted by Crippen LogP contribution is -2.58. The van der Waals surface area contributed by atoms with Crippen LogP contribution in [0.1, 0.15) is 12.8 Å². The number of nitrogens with zero attached hydrogens (tertiary/aromatic N) is 5. The summed E-state index contributed by atoms with van der Waals surface area (Å²) in [7, 11) is 1.92. The van der Waals surface area contributed by atoms with Crippen LogP contribution in [0, 0.1) is 0 Å². The fourth-order valence-corrected chi connectivity index (χ4v) is 3.76. The van der Waals surface area contributed by atoms with Crippen LogP contribution >= 0.6 is 0 Å². The van der Waals surface area contributed by atoms with E-state index in [0.717, 1.165) is 16.9 Å². The summed E-state index contributed by atoms with van der Waals surface area (Å²) in [5.41, 5.74) is 2.86. The monoisotopic (exact) mass is 349 g/mol. The fourth-order valence-electron chi connectivity index (χ4n) is 3.76. The minimum absolute atomic E-state index is 0.0388. The number of benzene rings is 1. The lowest BCUT2D eigenvalue weighted by molar-refractivity contribution is -0.121. The maximum atomic E-state index is 12.7. The molecule has 2 aliphatic rings. The Hall–Kier alpha value is -3.16. The summed E-state index contributed by atoms with van der Waals surface area (Å²) < 4.78 is 1.90. The van der Waals surface area contributed by atoms with Gasteiger partial charge in [-0.05, 0) is 25.0 Å². The van der Waals surface area contributed by atoms with Crippen molar-refractivity contribution in [2.75, 3.05) is 28.6 Å². The Bertz CT molecular complexity index is 1000.